The van der Waals surface area contributed by atoms with Crippen LogP contribution in [-0.2, 0) is 9.36 Å². The molecule has 2 unspecified atom stereocenters. The van der Waals surface area contributed by atoms with E-state index in [4.69, 9.17) is 0 Å². The van der Waals surface area contributed by atoms with Crippen molar-refractivity contribution >= 4 is 14.0 Å². The lowest BCUT2D eigenvalue weighted by Gasteiger charge is -2.23. The largest absolute Gasteiger partial charge is 0.402 e. The molecule has 0 radical (unpaired) electrons. The quantitative estimate of drug-likeness (QED) is 0.616. The Balaban J connectivity index is 3.00. The van der Waals surface area contributed by atoms with Crippen LogP contribution in [0.15, 0.2) is 23.8 Å². The number of hydrogen-bond donors (Lipinski definition) is 0. The van der Waals surface area contributed by atoms with E-state index in [1.165, 1.54) is 0 Å². The standard InChI is InChI=1S/C9H11O2P/c1-7-5-3-4-6-9(7,2)8(10)12-11/h3-5H,6H2,1-2H3/p+1. The first-order chi connectivity index (χ1) is 5.61. The summed E-state index contributed by atoms with van der Waals surface area (Å²) in [5.74, 6) is 0. The Hall–Kier alpha value is -0.750. The van der Waals surface area contributed by atoms with Crippen LogP contribution in [0.4, 0.5) is 0 Å². The lowest BCUT2D eigenvalue weighted by atomic mass is 9.78. The summed E-state index contributed by atoms with van der Waals surface area (Å²) in [5.41, 5.74) is 0.300. The fraction of sp³-hybridized carbons (Fsp3) is 0.444. The maximum atomic E-state index is 11.3. The third-order valence-electron chi connectivity index (χ3n) is 2.47. The third-order valence-corrected chi connectivity index (χ3v) is 3.21. The Morgan fingerprint density at radius 3 is 2.83 bits per heavy atom. The molecule has 1 aliphatic carbocycles. The van der Waals surface area contributed by atoms with Crippen LogP contribution in [0.2, 0.25) is 0 Å². The molecule has 0 N–H and O–H groups in total. The van der Waals surface area contributed by atoms with Gasteiger partial charge in [0.25, 0.3) is 0 Å². The molecule has 0 aromatic rings. The van der Waals surface area contributed by atoms with Gasteiger partial charge in [0, 0.05) is 0 Å². The van der Waals surface area contributed by atoms with Crippen molar-refractivity contribution in [2.24, 2.45) is 5.41 Å². The topological polar surface area (TPSA) is 34.1 Å². The van der Waals surface area contributed by atoms with Gasteiger partial charge in [-0.1, -0.05) is 28.4 Å². The molecule has 0 saturated heterocycles. The second-order valence-corrected chi connectivity index (χ2v) is 3.90. The summed E-state index contributed by atoms with van der Waals surface area (Å²) in [6, 6.07) is 0. The van der Waals surface area contributed by atoms with Crippen LogP contribution < -0.4 is 0 Å². The maximum Gasteiger partial charge on any atom is 0.402 e. The van der Waals surface area contributed by atoms with Crippen molar-refractivity contribution in [3.05, 3.63) is 23.8 Å². The van der Waals surface area contributed by atoms with Gasteiger partial charge in [-0.05, 0) is 20.3 Å². The number of allylic oxidation sites excluding steroid dienone is 4. The lowest BCUT2D eigenvalue weighted by Crippen LogP contribution is -2.25. The molecule has 3 heteroatoms. The highest BCUT2D eigenvalue weighted by Gasteiger charge is 2.40. The minimum absolute atomic E-state index is 0.180. The summed E-state index contributed by atoms with van der Waals surface area (Å²) in [7, 11) is -0.844. The Morgan fingerprint density at radius 2 is 2.33 bits per heavy atom. The molecule has 0 aromatic carbocycles. The lowest BCUT2D eigenvalue weighted by molar-refractivity contribution is -0.117. The molecule has 0 aromatic heterocycles. The zero-order chi connectivity index (χ0) is 9.19. The van der Waals surface area contributed by atoms with Gasteiger partial charge in [-0.3, -0.25) is 0 Å². The van der Waals surface area contributed by atoms with Crippen LogP contribution >= 0.6 is 8.46 Å². The molecule has 0 fully saturated rings. The maximum absolute atomic E-state index is 11.3. The molecule has 0 spiro atoms. The Bertz CT molecular complexity index is 278. The number of carbonyl (C=O) groups excluding carboxylic acids is 1. The monoisotopic (exact) mass is 183 g/mol. The molecular weight excluding hydrogens is 171 g/mol. The SMILES string of the molecule is CC1=CC=CCC1(C)C(=O)[PH+]=O. The average Bonchev–Trinajstić information content (AvgIpc) is 2.09. The molecule has 0 saturated carbocycles. The van der Waals surface area contributed by atoms with E-state index in [0.717, 1.165) is 5.57 Å². The van der Waals surface area contributed by atoms with E-state index in [-0.39, 0.29) is 5.52 Å². The minimum Gasteiger partial charge on any atom is -0.239 e. The second-order valence-electron chi connectivity index (χ2n) is 3.25. The summed E-state index contributed by atoms with van der Waals surface area (Å²) in [6.45, 7) is 3.75. The second kappa shape index (κ2) is 3.32. The summed E-state index contributed by atoms with van der Waals surface area (Å²) in [6.07, 6.45) is 6.44. The van der Waals surface area contributed by atoms with Crippen molar-refractivity contribution in [1.29, 1.82) is 0 Å². The molecule has 0 bridgehead atoms. The van der Waals surface area contributed by atoms with Gasteiger partial charge in [0.05, 0.1) is 5.41 Å². The first kappa shape index (κ1) is 9.34. The van der Waals surface area contributed by atoms with Crippen molar-refractivity contribution in [3.63, 3.8) is 0 Å². The number of carbonyl (C=O) groups is 1. The van der Waals surface area contributed by atoms with Crippen LogP contribution in [0.25, 0.3) is 0 Å². The minimum atomic E-state index is -0.844. The van der Waals surface area contributed by atoms with Crippen molar-refractivity contribution in [3.8, 4) is 0 Å². The van der Waals surface area contributed by atoms with Crippen molar-refractivity contribution in [1.82, 2.24) is 0 Å². The molecule has 64 valence electrons. The van der Waals surface area contributed by atoms with Crippen LogP contribution in [0, 0.1) is 5.41 Å². The van der Waals surface area contributed by atoms with Gasteiger partial charge in [-0.25, -0.2) is 4.79 Å². The first-order valence-corrected chi connectivity index (χ1v) is 4.78. The van der Waals surface area contributed by atoms with Gasteiger partial charge < -0.3 is 0 Å². The average molecular weight is 183 g/mol. The normalized spacial score (nSPS) is 28.7. The fourth-order valence-electron chi connectivity index (χ4n) is 1.25. The fourth-order valence-corrected chi connectivity index (χ4v) is 1.77. The van der Waals surface area contributed by atoms with E-state index in [1.807, 2.05) is 32.1 Å². The Morgan fingerprint density at radius 1 is 1.67 bits per heavy atom. The highest BCUT2D eigenvalue weighted by atomic mass is 31.1. The van der Waals surface area contributed by atoms with Gasteiger partial charge >= 0.3 is 14.0 Å². The molecule has 2 atom stereocenters. The van der Waals surface area contributed by atoms with Gasteiger partial charge in [0.2, 0.25) is 0 Å². The highest BCUT2D eigenvalue weighted by molar-refractivity contribution is 7.46. The summed E-state index contributed by atoms with van der Waals surface area (Å²) in [4.78, 5) is 11.3. The molecule has 1 aliphatic rings. The van der Waals surface area contributed by atoms with Crippen LogP contribution in [0.1, 0.15) is 20.3 Å². The smallest absolute Gasteiger partial charge is 0.239 e. The van der Waals surface area contributed by atoms with Crippen LogP contribution in [0.3, 0.4) is 0 Å². The first-order valence-electron chi connectivity index (χ1n) is 3.88. The van der Waals surface area contributed by atoms with Crippen molar-refractivity contribution < 1.29 is 9.36 Å². The third kappa shape index (κ3) is 1.39. The molecule has 0 amide bonds. The van der Waals surface area contributed by atoms with E-state index in [2.05, 4.69) is 0 Å². The van der Waals surface area contributed by atoms with E-state index in [1.54, 1.807) is 0 Å². The van der Waals surface area contributed by atoms with E-state index in [0.29, 0.717) is 6.42 Å². The van der Waals surface area contributed by atoms with Crippen molar-refractivity contribution in [2.75, 3.05) is 0 Å². The predicted molar refractivity (Wildman–Crippen MR) is 49.6 cm³/mol. The summed E-state index contributed by atoms with van der Waals surface area (Å²) in [5, 5.41) is 0. The number of hydrogen-bond acceptors (Lipinski definition) is 2. The Kier molecular flexibility index (Phi) is 2.58. The van der Waals surface area contributed by atoms with Crippen molar-refractivity contribution in [2.45, 2.75) is 20.3 Å². The van der Waals surface area contributed by atoms with E-state index in [9.17, 15) is 9.36 Å². The summed E-state index contributed by atoms with van der Waals surface area (Å²) < 4.78 is 10.5. The summed E-state index contributed by atoms with van der Waals surface area (Å²) >= 11 is 0. The van der Waals surface area contributed by atoms with Crippen LogP contribution in [-0.4, -0.2) is 5.52 Å². The van der Waals surface area contributed by atoms with Gasteiger partial charge in [-0.2, -0.15) is 0 Å². The van der Waals surface area contributed by atoms with Crippen LogP contribution in [0.5, 0.6) is 0 Å². The Labute approximate surface area is 73.6 Å². The van der Waals surface area contributed by atoms with Gasteiger partial charge in [0.15, 0.2) is 0 Å². The molecule has 0 heterocycles. The van der Waals surface area contributed by atoms with Gasteiger partial charge in [0.1, 0.15) is 0 Å². The zero-order valence-electron chi connectivity index (χ0n) is 7.26. The van der Waals surface area contributed by atoms with E-state index >= 15 is 0 Å². The molecular formula is C9H12O2P+. The van der Waals surface area contributed by atoms with Gasteiger partial charge in [-0.15, -0.1) is 0 Å². The highest BCUT2D eigenvalue weighted by Crippen LogP contribution is 2.37. The molecule has 1 rings (SSSR count). The zero-order valence-corrected chi connectivity index (χ0v) is 8.26. The molecule has 2 nitrogen and oxygen atoms in total. The predicted octanol–water partition coefficient (Wildman–Crippen LogP) is 2.45. The number of rotatable bonds is 2. The molecule has 12 heavy (non-hydrogen) atoms. The van der Waals surface area contributed by atoms with E-state index < -0.39 is 13.9 Å². The molecule has 0 aliphatic heterocycles.